The van der Waals surface area contributed by atoms with E-state index in [0.717, 1.165) is 11.1 Å². The Balaban J connectivity index is 1.49. The van der Waals surface area contributed by atoms with Crippen LogP contribution in [-0.4, -0.2) is 29.8 Å². The van der Waals surface area contributed by atoms with Gasteiger partial charge in [-0.1, -0.05) is 29.8 Å². The lowest BCUT2D eigenvalue weighted by Crippen LogP contribution is -2.52. The van der Waals surface area contributed by atoms with E-state index in [1.54, 1.807) is 36.4 Å². The number of anilines is 1. The molecule has 5 amide bonds. The third-order valence-corrected chi connectivity index (χ3v) is 5.05. The lowest BCUT2D eigenvalue weighted by Gasteiger charge is -2.21. The third kappa shape index (κ3) is 5.57. The maximum absolute atomic E-state index is 12.3. The first-order valence-corrected chi connectivity index (χ1v) is 9.74. The van der Waals surface area contributed by atoms with E-state index < -0.39 is 17.9 Å². The minimum absolute atomic E-state index is 0.193. The number of amides is 5. The predicted molar refractivity (Wildman–Crippen MR) is 112 cm³/mol. The van der Waals surface area contributed by atoms with E-state index in [0.29, 0.717) is 16.3 Å². The largest absolute Gasteiger partial charge is 0.340 e. The normalized spacial score (nSPS) is 15.9. The number of rotatable bonds is 5. The summed E-state index contributed by atoms with van der Waals surface area (Å²) in [6.45, 7) is 2.14. The van der Waals surface area contributed by atoms with Crippen molar-refractivity contribution in [3.63, 3.8) is 0 Å². The summed E-state index contributed by atoms with van der Waals surface area (Å²) in [5.41, 5.74) is 2.68. The highest BCUT2D eigenvalue weighted by atomic mass is 35.5. The quantitative estimate of drug-likeness (QED) is 0.547. The number of imide groups is 1. The highest BCUT2D eigenvalue weighted by Gasteiger charge is 2.27. The Hall–Kier alpha value is -3.39. The molecule has 1 unspecified atom stereocenters. The highest BCUT2D eigenvalue weighted by Crippen LogP contribution is 2.19. The molecule has 1 aliphatic rings. The van der Waals surface area contributed by atoms with Gasteiger partial charge in [-0.25, -0.2) is 4.79 Å². The van der Waals surface area contributed by atoms with Crippen molar-refractivity contribution in [1.29, 1.82) is 0 Å². The first kappa shape index (κ1) is 21.3. The zero-order valence-electron chi connectivity index (χ0n) is 16.3. The van der Waals surface area contributed by atoms with Gasteiger partial charge in [-0.3, -0.25) is 19.7 Å². The Morgan fingerprint density at radius 1 is 1.13 bits per heavy atom. The number of aryl methyl sites for hydroxylation is 1. The van der Waals surface area contributed by atoms with Crippen LogP contribution >= 0.6 is 11.6 Å². The van der Waals surface area contributed by atoms with Gasteiger partial charge in [0.15, 0.2) is 0 Å². The summed E-state index contributed by atoms with van der Waals surface area (Å²) in [6.07, 6.45) is 0.470. The molecule has 30 heavy (non-hydrogen) atoms. The fraction of sp³-hybridized carbons (Fsp3) is 0.238. The lowest BCUT2D eigenvalue weighted by molar-refractivity contribution is -0.134. The van der Waals surface area contributed by atoms with Crippen LogP contribution < -0.4 is 21.3 Å². The SMILES string of the molecule is Cc1ccc(NC(=O)NCc2ccc(C(=O)NC3CCC(=O)NC3=O)cc2)cc1Cl. The van der Waals surface area contributed by atoms with Crippen LogP contribution in [0.15, 0.2) is 42.5 Å². The van der Waals surface area contributed by atoms with Crippen LogP contribution in [0.5, 0.6) is 0 Å². The molecule has 1 aliphatic heterocycles. The molecule has 1 atom stereocenters. The molecule has 3 rings (SSSR count). The number of benzene rings is 2. The van der Waals surface area contributed by atoms with E-state index in [1.807, 2.05) is 13.0 Å². The Morgan fingerprint density at radius 2 is 1.87 bits per heavy atom. The van der Waals surface area contributed by atoms with E-state index in [-0.39, 0.29) is 31.3 Å². The molecule has 0 aliphatic carbocycles. The van der Waals surface area contributed by atoms with Gasteiger partial charge in [-0.15, -0.1) is 0 Å². The number of piperidine rings is 1. The lowest BCUT2D eigenvalue weighted by atomic mass is 10.1. The fourth-order valence-electron chi connectivity index (χ4n) is 2.88. The molecule has 8 nitrogen and oxygen atoms in total. The van der Waals surface area contributed by atoms with Crippen molar-refractivity contribution in [2.45, 2.75) is 32.4 Å². The monoisotopic (exact) mass is 428 g/mol. The van der Waals surface area contributed by atoms with Gasteiger partial charge in [-0.2, -0.15) is 0 Å². The Kier molecular flexibility index (Phi) is 6.68. The summed E-state index contributed by atoms with van der Waals surface area (Å²) in [5.74, 6) is -1.24. The van der Waals surface area contributed by atoms with E-state index in [1.165, 1.54) is 0 Å². The van der Waals surface area contributed by atoms with Crippen LogP contribution in [0.1, 0.15) is 34.3 Å². The zero-order chi connectivity index (χ0) is 21.7. The second-order valence-electron chi connectivity index (χ2n) is 6.95. The summed E-state index contributed by atoms with van der Waals surface area (Å²) < 4.78 is 0. The molecule has 0 radical (unpaired) electrons. The molecular weight excluding hydrogens is 408 g/mol. The van der Waals surface area contributed by atoms with Crippen LogP contribution in [0.2, 0.25) is 5.02 Å². The van der Waals surface area contributed by atoms with Crippen molar-refractivity contribution in [2.24, 2.45) is 0 Å². The minimum atomic E-state index is -0.726. The number of nitrogens with one attached hydrogen (secondary N) is 4. The van der Waals surface area contributed by atoms with E-state index in [9.17, 15) is 19.2 Å². The second kappa shape index (κ2) is 9.41. The van der Waals surface area contributed by atoms with Gasteiger partial charge in [0.1, 0.15) is 6.04 Å². The van der Waals surface area contributed by atoms with Crippen LogP contribution in [-0.2, 0) is 16.1 Å². The van der Waals surface area contributed by atoms with Crippen LogP contribution in [0, 0.1) is 6.92 Å². The molecule has 9 heteroatoms. The van der Waals surface area contributed by atoms with Crippen LogP contribution in [0.25, 0.3) is 0 Å². The van der Waals surface area contributed by atoms with Gasteiger partial charge in [0.25, 0.3) is 5.91 Å². The van der Waals surface area contributed by atoms with Gasteiger partial charge in [0.05, 0.1) is 0 Å². The number of urea groups is 1. The molecule has 2 aromatic rings. The Morgan fingerprint density at radius 3 is 2.53 bits per heavy atom. The van der Waals surface area contributed by atoms with Crippen molar-refractivity contribution >= 4 is 41.0 Å². The number of halogens is 1. The van der Waals surface area contributed by atoms with Gasteiger partial charge < -0.3 is 16.0 Å². The van der Waals surface area contributed by atoms with Gasteiger partial charge in [0, 0.05) is 29.2 Å². The average Bonchev–Trinajstić information content (AvgIpc) is 2.71. The summed E-state index contributed by atoms with van der Waals surface area (Å²) in [6, 6.07) is 10.8. The maximum atomic E-state index is 12.3. The van der Waals surface area contributed by atoms with Crippen molar-refractivity contribution in [1.82, 2.24) is 16.0 Å². The van der Waals surface area contributed by atoms with Crippen molar-refractivity contribution < 1.29 is 19.2 Å². The molecule has 1 heterocycles. The topological polar surface area (TPSA) is 116 Å². The molecule has 0 bridgehead atoms. The summed E-state index contributed by atoms with van der Waals surface area (Å²) >= 11 is 6.05. The Bertz CT molecular complexity index is 991. The summed E-state index contributed by atoms with van der Waals surface area (Å²) in [5, 5.41) is 10.8. The van der Waals surface area contributed by atoms with Gasteiger partial charge in [-0.05, 0) is 48.7 Å². The molecule has 1 fully saturated rings. The molecular formula is C21H21ClN4O4. The first-order valence-electron chi connectivity index (χ1n) is 9.36. The highest BCUT2D eigenvalue weighted by molar-refractivity contribution is 6.31. The zero-order valence-corrected chi connectivity index (χ0v) is 17.0. The van der Waals surface area contributed by atoms with Gasteiger partial charge in [0.2, 0.25) is 11.8 Å². The number of hydrogen-bond acceptors (Lipinski definition) is 4. The molecule has 0 spiro atoms. The fourth-order valence-corrected chi connectivity index (χ4v) is 3.06. The van der Waals surface area contributed by atoms with E-state index in [2.05, 4.69) is 21.3 Å². The van der Waals surface area contributed by atoms with E-state index in [4.69, 9.17) is 11.6 Å². The van der Waals surface area contributed by atoms with Crippen LogP contribution in [0.3, 0.4) is 0 Å². The minimum Gasteiger partial charge on any atom is -0.340 e. The standard InChI is InChI=1S/C21H21ClN4O4/c1-12-2-7-15(10-16(12)22)24-21(30)23-11-13-3-5-14(6-4-13)19(28)25-17-8-9-18(27)26-20(17)29/h2-7,10,17H,8-9,11H2,1H3,(H,25,28)(H2,23,24,30)(H,26,27,29). The Labute approximate surface area is 178 Å². The molecule has 2 aromatic carbocycles. The number of hydrogen-bond donors (Lipinski definition) is 4. The van der Waals surface area contributed by atoms with Gasteiger partial charge >= 0.3 is 6.03 Å². The number of carbonyl (C=O) groups excluding carboxylic acids is 4. The maximum Gasteiger partial charge on any atom is 0.319 e. The van der Waals surface area contributed by atoms with Crippen molar-refractivity contribution in [2.75, 3.05) is 5.32 Å². The third-order valence-electron chi connectivity index (χ3n) is 4.64. The second-order valence-corrected chi connectivity index (χ2v) is 7.35. The molecule has 4 N–H and O–H groups in total. The molecule has 0 saturated carbocycles. The van der Waals surface area contributed by atoms with E-state index >= 15 is 0 Å². The average molecular weight is 429 g/mol. The summed E-state index contributed by atoms with van der Waals surface area (Å²) in [7, 11) is 0. The molecule has 1 saturated heterocycles. The van der Waals surface area contributed by atoms with Crippen LogP contribution in [0.4, 0.5) is 10.5 Å². The van der Waals surface area contributed by atoms with Crippen molar-refractivity contribution in [3.8, 4) is 0 Å². The summed E-state index contributed by atoms with van der Waals surface area (Å²) in [4.78, 5) is 47.3. The first-order chi connectivity index (χ1) is 14.3. The predicted octanol–water partition coefficient (Wildman–Crippen LogP) is 2.51. The smallest absolute Gasteiger partial charge is 0.319 e. The molecule has 0 aromatic heterocycles. The molecule has 156 valence electrons. The van der Waals surface area contributed by atoms with Crippen molar-refractivity contribution in [3.05, 3.63) is 64.2 Å². The number of carbonyl (C=O) groups is 4.